The van der Waals surface area contributed by atoms with E-state index in [0.717, 1.165) is 0 Å². The zero-order chi connectivity index (χ0) is 12.8. The number of ether oxygens (including phenoxy) is 1. The highest BCUT2D eigenvalue weighted by Crippen LogP contribution is 2.17. The summed E-state index contributed by atoms with van der Waals surface area (Å²) in [6, 6.07) is 4.03. The van der Waals surface area contributed by atoms with Gasteiger partial charge in [-0.25, -0.2) is 4.39 Å². The first-order valence-corrected chi connectivity index (χ1v) is 5.42. The van der Waals surface area contributed by atoms with Crippen molar-refractivity contribution in [1.29, 1.82) is 0 Å². The van der Waals surface area contributed by atoms with Crippen LogP contribution in [0.5, 0.6) is 5.75 Å². The molecule has 4 nitrogen and oxygen atoms in total. The van der Waals surface area contributed by atoms with E-state index in [-0.39, 0.29) is 17.7 Å². The number of nitrogens with one attached hydrogen (secondary N) is 1. The summed E-state index contributed by atoms with van der Waals surface area (Å²) in [7, 11) is 1.36. The molecule has 5 heteroatoms. The second-order valence-electron chi connectivity index (χ2n) is 3.87. The number of benzene rings is 1. The van der Waals surface area contributed by atoms with Crippen molar-refractivity contribution in [2.24, 2.45) is 5.73 Å². The summed E-state index contributed by atoms with van der Waals surface area (Å²) in [5.41, 5.74) is 5.93. The lowest BCUT2D eigenvalue weighted by Crippen LogP contribution is -2.28. The number of carbonyl (C=O) groups excluding carboxylic acids is 1. The van der Waals surface area contributed by atoms with Crippen molar-refractivity contribution < 1.29 is 13.9 Å². The van der Waals surface area contributed by atoms with Crippen LogP contribution in [0.25, 0.3) is 0 Å². The molecular weight excluding hydrogens is 223 g/mol. The second-order valence-corrected chi connectivity index (χ2v) is 3.87. The Labute approximate surface area is 100.0 Å². The number of hydrogen-bond donors (Lipinski definition) is 2. The van der Waals surface area contributed by atoms with E-state index in [2.05, 4.69) is 5.32 Å². The fraction of sp³-hybridized carbons (Fsp3) is 0.417. The van der Waals surface area contributed by atoms with E-state index in [4.69, 9.17) is 10.5 Å². The average Bonchev–Trinajstić information content (AvgIpc) is 2.29. The van der Waals surface area contributed by atoms with Gasteiger partial charge in [-0.3, -0.25) is 4.79 Å². The molecule has 0 aliphatic carbocycles. The van der Waals surface area contributed by atoms with E-state index in [1.54, 1.807) is 0 Å². The maximum Gasteiger partial charge on any atom is 0.251 e. The van der Waals surface area contributed by atoms with Gasteiger partial charge in [0.05, 0.1) is 7.11 Å². The highest BCUT2D eigenvalue weighted by Gasteiger charge is 2.09. The van der Waals surface area contributed by atoms with Crippen LogP contribution in [0, 0.1) is 5.82 Å². The van der Waals surface area contributed by atoms with E-state index < -0.39 is 5.82 Å². The Hall–Kier alpha value is -1.62. The Bertz CT molecular complexity index is 394. The third-order valence-electron chi connectivity index (χ3n) is 2.30. The number of amides is 1. The van der Waals surface area contributed by atoms with E-state index in [9.17, 15) is 9.18 Å². The third kappa shape index (κ3) is 4.03. The molecule has 0 heterocycles. The van der Waals surface area contributed by atoms with Gasteiger partial charge in [0.15, 0.2) is 11.6 Å². The van der Waals surface area contributed by atoms with Crippen molar-refractivity contribution >= 4 is 5.91 Å². The summed E-state index contributed by atoms with van der Waals surface area (Å²) < 4.78 is 17.9. The maximum absolute atomic E-state index is 13.1. The summed E-state index contributed by atoms with van der Waals surface area (Å²) in [6.07, 6.45) is 0.698. The quantitative estimate of drug-likeness (QED) is 0.815. The minimum Gasteiger partial charge on any atom is -0.494 e. The molecule has 0 bridgehead atoms. The van der Waals surface area contributed by atoms with Crippen LogP contribution in [0.15, 0.2) is 18.2 Å². The summed E-state index contributed by atoms with van der Waals surface area (Å²) in [6.45, 7) is 2.36. The molecule has 0 fully saturated rings. The molecule has 0 radical (unpaired) electrons. The molecule has 0 saturated carbocycles. The lowest BCUT2D eigenvalue weighted by Gasteiger charge is -2.08. The lowest BCUT2D eigenvalue weighted by atomic mass is 10.2. The number of hydrogen-bond acceptors (Lipinski definition) is 3. The summed E-state index contributed by atoms with van der Waals surface area (Å²) in [4.78, 5) is 11.7. The first-order valence-electron chi connectivity index (χ1n) is 5.42. The number of nitrogens with two attached hydrogens (primary N) is 1. The summed E-state index contributed by atoms with van der Waals surface area (Å²) in [5.74, 6) is -0.687. The highest BCUT2D eigenvalue weighted by atomic mass is 19.1. The third-order valence-corrected chi connectivity index (χ3v) is 2.30. The van der Waals surface area contributed by atoms with Gasteiger partial charge in [-0.15, -0.1) is 0 Å². The molecule has 1 unspecified atom stereocenters. The zero-order valence-corrected chi connectivity index (χ0v) is 10.00. The first-order chi connectivity index (χ1) is 8.04. The molecular formula is C12H17FN2O2. The van der Waals surface area contributed by atoms with Gasteiger partial charge in [-0.05, 0) is 31.5 Å². The topological polar surface area (TPSA) is 64.3 Å². The van der Waals surface area contributed by atoms with Gasteiger partial charge in [0, 0.05) is 18.2 Å². The molecule has 1 atom stereocenters. The fourth-order valence-corrected chi connectivity index (χ4v) is 1.32. The van der Waals surface area contributed by atoms with E-state index >= 15 is 0 Å². The number of halogens is 1. The normalized spacial score (nSPS) is 12.0. The number of carbonyl (C=O) groups is 1. The molecule has 0 saturated heterocycles. The van der Waals surface area contributed by atoms with Crippen LogP contribution in [-0.4, -0.2) is 25.6 Å². The average molecular weight is 240 g/mol. The molecule has 1 aromatic rings. The summed E-state index contributed by atoms with van der Waals surface area (Å²) in [5, 5.41) is 2.70. The van der Waals surface area contributed by atoms with E-state index in [1.807, 2.05) is 6.92 Å². The minimum absolute atomic E-state index is 0.0399. The van der Waals surface area contributed by atoms with Crippen LogP contribution in [0.2, 0.25) is 0 Å². The molecule has 0 aromatic heterocycles. The maximum atomic E-state index is 13.1. The van der Waals surface area contributed by atoms with Crippen molar-refractivity contribution in [3.05, 3.63) is 29.6 Å². The SMILES string of the molecule is COc1cc(C(=O)NCCC(C)N)ccc1F. The molecule has 94 valence electrons. The monoisotopic (exact) mass is 240 g/mol. The zero-order valence-electron chi connectivity index (χ0n) is 10.00. The largest absolute Gasteiger partial charge is 0.494 e. The first kappa shape index (κ1) is 13.4. The minimum atomic E-state index is -0.486. The van der Waals surface area contributed by atoms with Crippen molar-refractivity contribution in [3.63, 3.8) is 0 Å². The van der Waals surface area contributed by atoms with Crippen LogP contribution in [0.1, 0.15) is 23.7 Å². The van der Waals surface area contributed by atoms with Crippen molar-refractivity contribution in [2.75, 3.05) is 13.7 Å². The van der Waals surface area contributed by atoms with Crippen LogP contribution in [0.4, 0.5) is 4.39 Å². The lowest BCUT2D eigenvalue weighted by molar-refractivity contribution is 0.0952. The predicted octanol–water partition coefficient (Wildman–Crippen LogP) is 1.30. The standard InChI is InChI=1S/C12H17FN2O2/c1-8(14)5-6-15-12(16)9-3-4-10(13)11(7-9)17-2/h3-4,7-8H,5-6,14H2,1-2H3,(H,15,16). The molecule has 1 aromatic carbocycles. The van der Waals surface area contributed by atoms with Crippen LogP contribution in [-0.2, 0) is 0 Å². The molecule has 17 heavy (non-hydrogen) atoms. The van der Waals surface area contributed by atoms with Crippen LogP contribution in [0.3, 0.4) is 0 Å². The molecule has 1 amide bonds. The highest BCUT2D eigenvalue weighted by molar-refractivity contribution is 5.94. The van der Waals surface area contributed by atoms with Crippen molar-refractivity contribution in [3.8, 4) is 5.75 Å². The molecule has 0 spiro atoms. The smallest absolute Gasteiger partial charge is 0.251 e. The van der Waals surface area contributed by atoms with Gasteiger partial charge in [0.25, 0.3) is 5.91 Å². The fourth-order valence-electron chi connectivity index (χ4n) is 1.32. The van der Waals surface area contributed by atoms with Crippen LogP contribution >= 0.6 is 0 Å². The van der Waals surface area contributed by atoms with Crippen molar-refractivity contribution in [1.82, 2.24) is 5.32 Å². The molecule has 0 aliphatic rings. The number of methoxy groups -OCH3 is 1. The van der Waals surface area contributed by atoms with Crippen LogP contribution < -0.4 is 15.8 Å². The Morgan fingerprint density at radius 3 is 2.88 bits per heavy atom. The second kappa shape index (κ2) is 6.20. The van der Waals surface area contributed by atoms with E-state index in [0.29, 0.717) is 18.5 Å². The predicted molar refractivity (Wildman–Crippen MR) is 63.6 cm³/mol. The Morgan fingerprint density at radius 1 is 1.59 bits per heavy atom. The van der Waals surface area contributed by atoms with Gasteiger partial charge < -0.3 is 15.8 Å². The van der Waals surface area contributed by atoms with E-state index in [1.165, 1.54) is 25.3 Å². The van der Waals surface area contributed by atoms with Gasteiger partial charge in [0.2, 0.25) is 0 Å². The summed E-state index contributed by atoms with van der Waals surface area (Å²) >= 11 is 0. The van der Waals surface area contributed by atoms with Gasteiger partial charge in [-0.1, -0.05) is 0 Å². The van der Waals surface area contributed by atoms with Crippen molar-refractivity contribution in [2.45, 2.75) is 19.4 Å². The molecule has 0 aliphatic heterocycles. The van der Waals surface area contributed by atoms with Gasteiger partial charge in [0.1, 0.15) is 0 Å². The Kier molecular flexibility index (Phi) is 4.90. The van der Waals surface area contributed by atoms with Gasteiger partial charge in [-0.2, -0.15) is 0 Å². The Balaban J connectivity index is 2.63. The number of rotatable bonds is 5. The molecule has 3 N–H and O–H groups in total. The Morgan fingerprint density at radius 2 is 2.29 bits per heavy atom. The molecule has 1 rings (SSSR count). The van der Waals surface area contributed by atoms with Gasteiger partial charge >= 0.3 is 0 Å².